The number of rotatable bonds is 14. The van der Waals surface area contributed by atoms with E-state index < -0.39 is 44.6 Å². The minimum Gasteiger partial charge on any atom is -0.481 e. The first kappa shape index (κ1) is 72.5. The molecule has 7 aromatic heterocycles. The molecule has 0 saturated carbocycles. The second-order valence-corrected chi connectivity index (χ2v) is 24.2. The lowest BCUT2D eigenvalue weighted by atomic mass is 10.0. The molecule has 0 aliphatic carbocycles. The Hall–Kier alpha value is -8.88. The lowest BCUT2D eigenvalue weighted by molar-refractivity contribution is -0.139. The highest BCUT2D eigenvalue weighted by Gasteiger charge is 2.65. The average Bonchev–Trinajstić information content (AvgIpc) is 0.915. The molecule has 3 N–H and O–H groups in total. The van der Waals surface area contributed by atoms with Crippen LogP contribution in [0, 0.1) is 6.92 Å². The second kappa shape index (κ2) is 28.0. The number of aromatic nitrogens is 10. The number of amides is 3. The molecule has 0 bridgehead atoms. The van der Waals surface area contributed by atoms with Crippen LogP contribution >= 0.6 is 50.7 Å². The molecule has 3 amide bonds. The highest BCUT2D eigenvalue weighted by molar-refractivity contribution is 8.45. The molecule has 3 aliphatic rings. The number of nitrogens with one attached hydrogen (secondary N) is 3. The fraction of sp³-hybridized carbons (Fsp3) is 0.290. The summed E-state index contributed by atoms with van der Waals surface area (Å²) in [4.78, 5) is 59.3. The van der Waals surface area contributed by atoms with Gasteiger partial charge in [-0.15, -0.1) is 0 Å². The molecule has 2 aromatic carbocycles. The van der Waals surface area contributed by atoms with Crippen LogP contribution in [0.25, 0.3) is 33.4 Å². The van der Waals surface area contributed by atoms with E-state index in [1.165, 1.54) is 21.4 Å². The van der Waals surface area contributed by atoms with E-state index >= 15 is 0 Å². The number of anilines is 6. The van der Waals surface area contributed by atoms with Gasteiger partial charge in [0.15, 0.2) is 0 Å². The van der Waals surface area contributed by atoms with Gasteiger partial charge in [-0.25, -0.2) is 15.0 Å². The first-order valence-electron chi connectivity index (χ1n) is 28.9. The fourth-order valence-electron chi connectivity index (χ4n) is 10.9. The van der Waals surface area contributed by atoms with E-state index in [-0.39, 0.29) is 94.8 Å². The van der Waals surface area contributed by atoms with Crippen LogP contribution in [0.3, 0.4) is 0 Å². The van der Waals surface area contributed by atoms with E-state index in [4.69, 9.17) is 4.74 Å². The van der Waals surface area contributed by atoms with Crippen LogP contribution in [0.15, 0.2) is 139 Å². The molecule has 502 valence electrons. The standard InChI is InChI=1S/C21H21F3N6O2.C21H23N5O.C20H20F5N5OS.3H2S/c1-4-25-16-9-13(7-8-26-16)14-10-27-30-12(2)11-29(20(31)18(14)30)17-6-5-15(21(22,23)24)19(28-17)32-3;1-4-22-19-11-16(9-10-23-19)18-12-24-26-15(3)13-25(21(27)20(18)26)17-7-5-14(2)6-8-17;1-3-26-18-10-14(8-9-27-18)17-11-28-30-13(2)12-29(20(31)19(17)30)15-4-6-16(7-5-15)32(21,22,23,24)25;;;/h5-10,12H,4,11H2,1-3H3,(H,25,26);5-12,15H,4,13H2,1-3H3,(H,22,23);4-11,13H,3,12H2,1-2H3,(H,26,27);3*1H2/t12-;15-;13-;;;/m000.../s1/i2*4-1;3-1;;;. The van der Waals surface area contributed by atoms with Gasteiger partial charge < -0.3 is 30.5 Å². The number of carbonyl (C=O) groups is 3. The maximum Gasteiger partial charge on any atom is 0.421 e. The van der Waals surface area contributed by atoms with Crippen molar-refractivity contribution in [1.29, 1.82) is 0 Å². The van der Waals surface area contributed by atoms with Crippen molar-refractivity contribution in [2.45, 2.75) is 77.7 Å². The summed E-state index contributed by atoms with van der Waals surface area (Å²) in [6.45, 7) is 16.8. The number of methoxy groups -OCH3 is 1. The number of carbonyl (C=O) groups excluding carboxylic acids is 3. The Kier molecular flexibility index (Phi) is 21.6. The number of hydrogen-bond acceptors (Lipinski definition) is 14. The molecule has 9 aromatic rings. The van der Waals surface area contributed by atoms with Crippen molar-refractivity contribution in [2.24, 2.45) is 0 Å². The van der Waals surface area contributed by atoms with Crippen molar-refractivity contribution >= 4 is 103 Å². The molecule has 10 heterocycles. The largest absolute Gasteiger partial charge is 0.481 e. The summed E-state index contributed by atoms with van der Waals surface area (Å²) < 4.78 is 115. The van der Waals surface area contributed by atoms with Crippen LogP contribution in [0.1, 0.15) is 102 Å². The van der Waals surface area contributed by atoms with Gasteiger partial charge in [-0.3, -0.25) is 33.3 Å². The van der Waals surface area contributed by atoms with Crippen LogP contribution in [-0.2, 0) is 6.18 Å². The summed E-state index contributed by atoms with van der Waals surface area (Å²) >= 11 is 0. The molecule has 94 heavy (non-hydrogen) atoms. The van der Waals surface area contributed by atoms with E-state index in [0.29, 0.717) is 71.5 Å². The number of hydrogen-bond donors (Lipinski definition) is 3. The van der Waals surface area contributed by atoms with Crippen molar-refractivity contribution in [2.75, 3.05) is 77.0 Å². The number of nitrogens with zero attached hydrogens (tertiary/aromatic N) is 13. The molecule has 20 nitrogen and oxygen atoms in total. The number of pyridine rings is 4. The van der Waals surface area contributed by atoms with Gasteiger partial charge in [0.1, 0.15) is 50.8 Å². The summed E-state index contributed by atoms with van der Waals surface area (Å²) in [6, 6.07) is 23.1. The zero-order valence-corrected chi connectivity index (χ0v) is 55.9. The molecule has 0 fully saturated rings. The monoisotopic (exact) mass is 1380 g/mol. The van der Waals surface area contributed by atoms with Crippen molar-refractivity contribution in [3.63, 3.8) is 0 Å². The van der Waals surface area contributed by atoms with Crippen LogP contribution in [-0.4, -0.2) is 113 Å². The molecule has 0 spiro atoms. The van der Waals surface area contributed by atoms with Gasteiger partial charge in [0, 0.05) is 85.9 Å². The Morgan fingerprint density at radius 2 is 0.872 bits per heavy atom. The lowest BCUT2D eigenvalue weighted by Crippen LogP contribution is -2.43. The van der Waals surface area contributed by atoms with Gasteiger partial charge in [0.2, 0.25) is 5.88 Å². The quantitative estimate of drug-likeness (QED) is 0.0865. The molecular formula is C62H70F8N16O4S4. The number of fused-ring (bicyclic) bond motifs is 3. The Labute approximate surface area is 557 Å². The summed E-state index contributed by atoms with van der Waals surface area (Å²) in [5, 5.41) is 22.6. The van der Waals surface area contributed by atoms with Gasteiger partial charge in [-0.1, -0.05) is 37.1 Å². The summed E-state index contributed by atoms with van der Waals surface area (Å²) in [5.74, 6) is 0.640. The van der Waals surface area contributed by atoms with Crippen LogP contribution in [0.4, 0.5) is 67.2 Å². The Bertz CT molecular complexity index is 4200. The fourth-order valence-corrected chi connectivity index (χ4v) is 11.5. The third kappa shape index (κ3) is 15.2. The number of aryl methyl sites for hydroxylation is 1. The summed E-state index contributed by atoms with van der Waals surface area (Å²) in [6.07, 6.45) is 5.31. The zero-order valence-electron chi connectivity index (χ0n) is 52.1. The van der Waals surface area contributed by atoms with Crippen molar-refractivity contribution in [1.82, 2.24) is 49.3 Å². The van der Waals surface area contributed by atoms with Crippen molar-refractivity contribution in [3.8, 4) is 39.3 Å². The number of benzene rings is 2. The Balaban J connectivity index is 0.000000197. The maximum atomic E-state index is 13.4. The number of ether oxygens (including phenoxy) is 1. The summed E-state index contributed by atoms with van der Waals surface area (Å²) in [7, 11) is -8.68. The van der Waals surface area contributed by atoms with Crippen molar-refractivity contribution < 1.29 is 51.7 Å². The molecule has 32 heteroatoms. The average molecular weight is 1380 g/mol. The maximum absolute atomic E-state index is 13.4. The van der Waals surface area contributed by atoms with Gasteiger partial charge in [0.25, 0.3) is 17.7 Å². The van der Waals surface area contributed by atoms with E-state index in [0.717, 1.165) is 60.0 Å². The van der Waals surface area contributed by atoms with Gasteiger partial charge >= 0.3 is 16.4 Å². The predicted octanol–water partition coefficient (Wildman–Crippen LogP) is 14.5. The third-order valence-corrected chi connectivity index (χ3v) is 16.3. The second-order valence-electron chi connectivity index (χ2n) is 21.8. The van der Waals surface area contributed by atoms with E-state index in [2.05, 4.69) is 58.1 Å². The Morgan fingerprint density at radius 3 is 1.21 bits per heavy atom. The molecular weight excluding hydrogens is 1310 g/mol. The molecule has 3 aliphatic heterocycles. The molecule has 3 atom stereocenters. The smallest absolute Gasteiger partial charge is 0.421 e. The predicted molar refractivity (Wildman–Crippen MR) is 364 cm³/mol. The van der Waals surface area contributed by atoms with E-state index in [1.807, 2.05) is 86.7 Å². The molecule has 0 saturated heterocycles. The minimum absolute atomic E-state index is 0. The zero-order chi connectivity index (χ0) is 65.4. The first-order valence-corrected chi connectivity index (χ1v) is 30.9. The highest BCUT2D eigenvalue weighted by atomic mass is 32.5. The van der Waals surface area contributed by atoms with Crippen LogP contribution in [0.5, 0.6) is 5.88 Å². The van der Waals surface area contributed by atoms with E-state index in [1.54, 1.807) is 71.7 Å². The lowest BCUT2D eigenvalue weighted by Gasteiger charge is -2.40. The minimum atomic E-state index is -9.79. The molecule has 0 radical (unpaired) electrons. The van der Waals surface area contributed by atoms with Crippen molar-refractivity contribution in [3.05, 3.63) is 162 Å². The molecule has 12 rings (SSSR count). The Morgan fingerprint density at radius 1 is 0.521 bits per heavy atom. The number of halogens is 8. The number of alkyl halides is 3. The first-order chi connectivity index (χ1) is 43.1. The SMILES string of the molecule is C[11CH2]Nc1cc(-c2cnn3c2C(=O)N(c2ccc(C(F)(F)F)c(OC)n2)C[C@@H]3C)ccn1.C[11CH2]Nc1cc(-c2cnn3c2C(=O)N(c2ccc(C)cc2)C[C@@H]3C)ccn1.C[11CH2]Nc1cc(-c2cnn3c2C(=O)N(c2ccc(S(F)(F)(F)(F)F)cc2)C[C@@H]3C)ccn1.S.S.S. The van der Waals surface area contributed by atoms with Crippen LogP contribution in [0.2, 0.25) is 0 Å². The molecule has 0 unspecified atom stereocenters. The van der Waals surface area contributed by atoms with Gasteiger partial charge in [-0.05, 0) is 150 Å². The van der Waals surface area contributed by atoms with E-state index in [9.17, 15) is 47.0 Å². The van der Waals surface area contributed by atoms with Gasteiger partial charge in [-0.2, -0.15) is 73.9 Å². The normalized spacial score (nSPS) is 16.5. The van der Waals surface area contributed by atoms with Gasteiger partial charge in [0.05, 0.1) is 43.8 Å². The summed E-state index contributed by atoms with van der Waals surface area (Å²) in [5.41, 5.74) is 6.76. The highest BCUT2D eigenvalue weighted by Crippen LogP contribution is 3.02. The third-order valence-electron chi connectivity index (χ3n) is 15.2. The topological polar surface area (TPSA) is 211 Å². The van der Waals surface area contributed by atoms with Crippen LogP contribution < -0.4 is 35.4 Å².